The number of hydrogen-bond donors (Lipinski definition) is 1. The van der Waals surface area contributed by atoms with E-state index in [0.717, 1.165) is 25.2 Å². The van der Waals surface area contributed by atoms with Gasteiger partial charge in [-0.25, -0.2) is 4.98 Å². The van der Waals surface area contributed by atoms with Crippen LogP contribution < -0.4 is 4.90 Å². The minimum absolute atomic E-state index is 0.0257. The Hall–Kier alpha value is -1.42. The smallest absolute Gasteiger partial charge is 0.161 e. The molecule has 2 rings (SSSR count). The van der Waals surface area contributed by atoms with Crippen LogP contribution in [0, 0.1) is 0 Å². The quantitative estimate of drug-likeness (QED) is 0.762. The summed E-state index contributed by atoms with van der Waals surface area (Å²) in [6.45, 7) is 3.08. The van der Waals surface area contributed by atoms with Crippen LogP contribution in [0.5, 0.6) is 0 Å². The summed E-state index contributed by atoms with van der Waals surface area (Å²) in [4.78, 5) is 17.4. The maximum atomic E-state index is 11.1. The predicted octanol–water partition coefficient (Wildman–Crippen LogP) is 1.25. The van der Waals surface area contributed by atoms with Crippen LogP contribution in [0.25, 0.3) is 0 Å². The minimum Gasteiger partial charge on any atom is -0.391 e. The van der Waals surface area contributed by atoms with E-state index in [1.807, 2.05) is 6.07 Å². The Morgan fingerprint density at radius 1 is 1.56 bits per heavy atom. The van der Waals surface area contributed by atoms with Gasteiger partial charge in [0.2, 0.25) is 0 Å². The fraction of sp³-hybridized carbons (Fsp3) is 0.500. The van der Waals surface area contributed by atoms with E-state index in [-0.39, 0.29) is 11.9 Å². The predicted molar refractivity (Wildman–Crippen MR) is 61.7 cm³/mol. The maximum absolute atomic E-state index is 11.1. The lowest BCUT2D eigenvalue weighted by Crippen LogP contribution is -2.38. The van der Waals surface area contributed by atoms with Gasteiger partial charge in [-0.05, 0) is 31.9 Å². The molecule has 2 heterocycles. The van der Waals surface area contributed by atoms with Gasteiger partial charge in [0.05, 0.1) is 6.10 Å². The summed E-state index contributed by atoms with van der Waals surface area (Å²) in [6, 6.07) is 3.63. The normalized spacial score (nSPS) is 20.9. The Morgan fingerprint density at radius 2 is 2.38 bits per heavy atom. The maximum Gasteiger partial charge on any atom is 0.161 e. The average Bonchev–Trinajstić information content (AvgIpc) is 2.29. The van der Waals surface area contributed by atoms with Crippen molar-refractivity contribution in [2.24, 2.45) is 0 Å². The number of hydrogen-bond acceptors (Lipinski definition) is 4. The molecule has 0 bridgehead atoms. The molecule has 1 aromatic heterocycles. The Kier molecular flexibility index (Phi) is 3.19. The molecule has 1 atom stereocenters. The molecule has 0 amide bonds. The highest BCUT2D eigenvalue weighted by molar-refractivity contribution is 5.93. The van der Waals surface area contributed by atoms with Crippen molar-refractivity contribution in [3.8, 4) is 0 Å². The van der Waals surface area contributed by atoms with Crippen LogP contribution in [0.4, 0.5) is 5.82 Å². The Labute approximate surface area is 94.9 Å². The first-order chi connectivity index (χ1) is 7.66. The van der Waals surface area contributed by atoms with E-state index in [1.165, 1.54) is 6.92 Å². The Morgan fingerprint density at radius 3 is 2.94 bits per heavy atom. The highest BCUT2D eigenvalue weighted by atomic mass is 16.3. The first-order valence-corrected chi connectivity index (χ1v) is 5.57. The molecule has 16 heavy (non-hydrogen) atoms. The van der Waals surface area contributed by atoms with Gasteiger partial charge in [0, 0.05) is 24.8 Å². The fourth-order valence-electron chi connectivity index (χ4n) is 1.94. The molecule has 86 valence electrons. The zero-order valence-electron chi connectivity index (χ0n) is 9.39. The third-order valence-corrected chi connectivity index (χ3v) is 2.87. The third kappa shape index (κ3) is 2.39. The lowest BCUT2D eigenvalue weighted by Gasteiger charge is -2.30. The number of anilines is 1. The zero-order chi connectivity index (χ0) is 11.5. The van der Waals surface area contributed by atoms with Gasteiger partial charge in [0.1, 0.15) is 5.82 Å². The largest absolute Gasteiger partial charge is 0.391 e. The van der Waals surface area contributed by atoms with Crippen LogP contribution in [0.2, 0.25) is 0 Å². The molecule has 1 aliphatic heterocycles. The van der Waals surface area contributed by atoms with E-state index in [0.29, 0.717) is 12.1 Å². The van der Waals surface area contributed by atoms with Crippen molar-refractivity contribution in [2.75, 3.05) is 18.0 Å². The summed E-state index contributed by atoms with van der Waals surface area (Å²) in [5.74, 6) is 0.862. The number of piperidine rings is 1. The lowest BCUT2D eigenvalue weighted by molar-refractivity contribution is 0.101. The molecule has 1 N–H and O–H groups in total. The van der Waals surface area contributed by atoms with Crippen molar-refractivity contribution in [1.29, 1.82) is 0 Å². The number of carbonyl (C=O) groups excluding carboxylic acids is 1. The number of pyridine rings is 1. The SMILES string of the molecule is CC(=O)c1ccc(N2CCCC(O)C2)nc1. The molecular weight excluding hydrogens is 204 g/mol. The molecule has 1 fully saturated rings. The van der Waals surface area contributed by atoms with Gasteiger partial charge in [-0.1, -0.05) is 0 Å². The third-order valence-electron chi connectivity index (χ3n) is 2.87. The van der Waals surface area contributed by atoms with Gasteiger partial charge in [0.25, 0.3) is 0 Å². The number of rotatable bonds is 2. The van der Waals surface area contributed by atoms with Gasteiger partial charge in [-0.15, -0.1) is 0 Å². The summed E-state index contributed by atoms with van der Waals surface area (Å²) in [6.07, 6.45) is 3.18. The van der Waals surface area contributed by atoms with Crippen molar-refractivity contribution >= 4 is 11.6 Å². The number of nitrogens with zero attached hydrogens (tertiary/aromatic N) is 2. The first-order valence-electron chi connectivity index (χ1n) is 5.57. The molecule has 1 saturated heterocycles. The zero-order valence-corrected chi connectivity index (χ0v) is 9.39. The molecule has 1 aliphatic rings. The van der Waals surface area contributed by atoms with E-state index in [2.05, 4.69) is 9.88 Å². The van der Waals surface area contributed by atoms with Gasteiger partial charge in [0.15, 0.2) is 5.78 Å². The van der Waals surface area contributed by atoms with Gasteiger partial charge >= 0.3 is 0 Å². The summed E-state index contributed by atoms with van der Waals surface area (Å²) in [5, 5.41) is 9.56. The standard InChI is InChI=1S/C12H16N2O2/c1-9(15)10-4-5-12(13-7-10)14-6-2-3-11(16)8-14/h4-5,7,11,16H,2-3,6,8H2,1H3. The molecule has 0 aromatic carbocycles. The summed E-state index contributed by atoms with van der Waals surface area (Å²) in [5.41, 5.74) is 0.626. The fourth-order valence-corrected chi connectivity index (χ4v) is 1.94. The van der Waals surface area contributed by atoms with Crippen LogP contribution in [0.15, 0.2) is 18.3 Å². The molecule has 1 unspecified atom stereocenters. The number of carbonyl (C=O) groups is 1. The van der Waals surface area contributed by atoms with Gasteiger partial charge < -0.3 is 10.0 Å². The average molecular weight is 220 g/mol. The van der Waals surface area contributed by atoms with Crippen LogP contribution in [0.1, 0.15) is 30.1 Å². The lowest BCUT2D eigenvalue weighted by atomic mass is 10.1. The molecule has 0 spiro atoms. The first kappa shape index (κ1) is 11.1. The van der Waals surface area contributed by atoms with Crippen LogP contribution >= 0.6 is 0 Å². The highest BCUT2D eigenvalue weighted by Crippen LogP contribution is 2.17. The summed E-state index contributed by atoms with van der Waals surface area (Å²) >= 11 is 0. The van der Waals surface area contributed by atoms with Crippen molar-refractivity contribution < 1.29 is 9.90 Å². The second-order valence-corrected chi connectivity index (χ2v) is 4.20. The minimum atomic E-state index is -0.261. The van der Waals surface area contributed by atoms with E-state index >= 15 is 0 Å². The topological polar surface area (TPSA) is 53.4 Å². The molecular formula is C12H16N2O2. The van der Waals surface area contributed by atoms with Crippen LogP contribution in [-0.2, 0) is 0 Å². The molecule has 0 radical (unpaired) electrons. The number of ketones is 1. The van der Waals surface area contributed by atoms with Gasteiger partial charge in [-0.2, -0.15) is 0 Å². The van der Waals surface area contributed by atoms with Crippen molar-refractivity contribution in [3.05, 3.63) is 23.9 Å². The van der Waals surface area contributed by atoms with Crippen molar-refractivity contribution in [1.82, 2.24) is 4.98 Å². The number of Topliss-reactive ketones (excluding diaryl/α,β-unsaturated/α-hetero) is 1. The van der Waals surface area contributed by atoms with Crippen LogP contribution in [-0.4, -0.2) is 35.1 Å². The molecule has 0 saturated carbocycles. The van der Waals surface area contributed by atoms with E-state index < -0.39 is 0 Å². The molecule has 4 nitrogen and oxygen atoms in total. The number of aromatic nitrogens is 1. The Bertz CT molecular complexity index is 375. The second-order valence-electron chi connectivity index (χ2n) is 4.20. The number of β-amino-alcohol motifs (C(OH)–C–C–N with tert-alkyl or cyclic N) is 1. The second kappa shape index (κ2) is 4.61. The Balaban J connectivity index is 2.11. The molecule has 4 heteroatoms. The monoisotopic (exact) mass is 220 g/mol. The summed E-state index contributed by atoms with van der Waals surface area (Å²) < 4.78 is 0. The van der Waals surface area contributed by atoms with Crippen LogP contribution in [0.3, 0.4) is 0 Å². The number of aliphatic hydroxyl groups is 1. The van der Waals surface area contributed by atoms with Gasteiger partial charge in [-0.3, -0.25) is 4.79 Å². The van der Waals surface area contributed by atoms with Crippen molar-refractivity contribution in [3.63, 3.8) is 0 Å². The molecule has 1 aromatic rings. The molecule has 0 aliphatic carbocycles. The van der Waals surface area contributed by atoms with Crippen molar-refractivity contribution in [2.45, 2.75) is 25.9 Å². The highest BCUT2D eigenvalue weighted by Gasteiger charge is 2.18. The number of aliphatic hydroxyl groups excluding tert-OH is 1. The van der Waals surface area contributed by atoms with E-state index in [9.17, 15) is 9.90 Å². The summed E-state index contributed by atoms with van der Waals surface area (Å²) in [7, 11) is 0. The van der Waals surface area contributed by atoms with E-state index in [1.54, 1.807) is 12.3 Å². The van der Waals surface area contributed by atoms with E-state index in [4.69, 9.17) is 0 Å².